The Hall–Kier alpha value is -1.68. The highest BCUT2D eigenvalue weighted by molar-refractivity contribution is 5.41. The van der Waals surface area contributed by atoms with Crippen molar-refractivity contribution < 1.29 is 0 Å². The third-order valence-electron chi connectivity index (χ3n) is 3.66. The standard InChI is InChI=1S/C16H24N4/c1-5-13(17-7-3)16-14(6-2)20(19-18-16)15-11-9-8-10-12(15)4/h8-11,13,17H,5-7H2,1-4H3. The molecule has 2 rings (SSSR count). The second-order valence-corrected chi connectivity index (χ2v) is 4.99. The molecular formula is C16H24N4. The number of para-hydroxylation sites is 1. The molecule has 1 atom stereocenters. The Labute approximate surface area is 121 Å². The Balaban J connectivity index is 2.47. The van der Waals surface area contributed by atoms with Crippen molar-refractivity contribution in [3.8, 4) is 5.69 Å². The lowest BCUT2D eigenvalue weighted by Crippen LogP contribution is -2.21. The lowest BCUT2D eigenvalue weighted by Gasteiger charge is -2.15. The molecule has 2 aromatic rings. The third kappa shape index (κ3) is 2.75. The highest BCUT2D eigenvalue weighted by Gasteiger charge is 2.20. The van der Waals surface area contributed by atoms with Gasteiger partial charge in [0.1, 0.15) is 5.69 Å². The van der Waals surface area contributed by atoms with E-state index in [4.69, 9.17) is 0 Å². The SMILES string of the molecule is CCNC(CC)c1nnn(-c2ccccc2C)c1CC. The average Bonchev–Trinajstić information content (AvgIpc) is 2.88. The molecule has 4 heteroatoms. The lowest BCUT2D eigenvalue weighted by molar-refractivity contribution is 0.520. The summed E-state index contributed by atoms with van der Waals surface area (Å²) in [6.07, 6.45) is 1.95. The van der Waals surface area contributed by atoms with Crippen molar-refractivity contribution in [3.63, 3.8) is 0 Å². The number of rotatable bonds is 6. The minimum atomic E-state index is 0.285. The van der Waals surface area contributed by atoms with Crippen LogP contribution in [0, 0.1) is 6.92 Å². The van der Waals surface area contributed by atoms with E-state index in [0.717, 1.165) is 30.8 Å². The zero-order chi connectivity index (χ0) is 14.5. The first-order valence-electron chi connectivity index (χ1n) is 7.46. The predicted molar refractivity (Wildman–Crippen MR) is 82.2 cm³/mol. The van der Waals surface area contributed by atoms with Crippen LogP contribution in [0.15, 0.2) is 24.3 Å². The summed E-state index contributed by atoms with van der Waals surface area (Å²) in [4.78, 5) is 0. The molecule has 0 radical (unpaired) electrons. The first-order valence-corrected chi connectivity index (χ1v) is 7.46. The van der Waals surface area contributed by atoms with Crippen LogP contribution in [-0.4, -0.2) is 21.5 Å². The van der Waals surface area contributed by atoms with E-state index in [1.54, 1.807) is 0 Å². The first-order chi connectivity index (χ1) is 9.72. The molecule has 0 bridgehead atoms. The molecule has 0 aliphatic carbocycles. The summed E-state index contributed by atoms with van der Waals surface area (Å²) < 4.78 is 1.99. The largest absolute Gasteiger partial charge is 0.309 e. The number of nitrogens with zero attached hydrogens (tertiary/aromatic N) is 3. The lowest BCUT2D eigenvalue weighted by atomic mass is 10.1. The van der Waals surface area contributed by atoms with Crippen LogP contribution < -0.4 is 5.32 Å². The molecule has 1 aromatic heterocycles. The maximum Gasteiger partial charge on any atom is 0.103 e. The first kappa shape index (κ1) is 14.7. The smallest absolute Gasteiger partial charge is 0.103 e. The molecule has 0 saturated carbocycles. The van der Waals surface area contributed by atoms with Crippen molar-refractivity contribution in [2.75, 3.05) is 6.54 Å². The molecule has 20 heavy (non-hydrogen) atoms. The molecule has 0 fully saturated rings. The van der Waals surface area contributed by atoms with E-state index in [1.807, 2.05) is 10.7 Å². The van der Waals surface area contributed by atoms with Crippen molar-refractivity contribution in [2.24, 2.45) is 0 Å². The summed E-state index contributed by atoms with van der Waals surface area (Å²) in [7, 11) is 0. The second-order valence-electron chi connectivity index (χ2n) is 4.99. The van der Waals surface area contributed by atoms with Gasteiger partial charge in [0.25, 0.3) is 0 Å². The quantitative estimate of drug-likeness (QED) is 0.878. The van der Waals surface area contributed by atoms with Crippen LogP contribution in [0.3, 0.4) is 0 Å². The van der Waals surface area contributed by atoms with Gasteiger partial charge in [0.05, 0.1) is 17.4 Å². The molecule has 1 aromatic carbocycles. The molecule has 0 aliphatic rings. The molecule has 0 aliphatic heterocycles. The van der Waals surface area contributed by atoms with Crippen molar-refractivity contribution in [1.29, 1.82) is 0 Å². The van der Waals surface area contributed by atoms with Gasteiger partial charge in [0, 0.05) is 0 Å². The van der Waals surface area contributed by atoms with E-state index in [9.17, 15) is 0 Å². The van der Waals surface area contributed by atoms with E-state index in [0.29, 0.717) is 0 Å². The fourth-order valence-corrected chi connectivity index (χ4v) is 2.59. The number of aryl methyl sites for hydroxylation is 1. The van der Waals surface area contributed by atoms with Crippen LogP contribution in [0.1, 0.15) is 50.2 Å². The average molecular weight is 272 g/mol. The summed E-state index contributed by atoms with van der Waals surface area (Å²) in [6.45, 7) is 9.52. The summed E-state index contributed by atoms with van der Waals surface area (Å²) in [5.74, 6) is 0. The van der Waals surface area contributed by atoms with Crippen LogP contribution >= 0.6 is 0 Å². The highest BCUT2D eigenvalue weighted by atomic mass is 15.4. The van der Waals surface area contributed by atoms with Crippen LogP contribution in [0.5, 0.6) is 0 Å². The Bertz CT molecular complexity index is 559. The van der Waals surface area contributed by atoms with Gasteiger partial charge in [-0.1, -0.05) is 44.2 Å². The van der Waals surface area contributed by atoms with E-state index in [2.05, 4.69) is 61.5 Å². The Morgan fingerprint density at radius 3 is 2.55 bits per heavy atom. The Kier molecular flexibility index (Phi) is 4.90. The molecule has 0 amide bonds. The number of hydrogen-bond acceptors (Lipinski definition) is 3. The van der Waals surface area contributed by atoms with Gasteiger partial charge < -0.3 is 5.32 Å². The van der Waals surface area contributed by atoms with Gasteiger partial charge in [0.15, 0.2) is 0 Å². The van der Waals surface area contributed by atoms with E-state index in [1.165, 1.54) is 11.3 Å². The molecule has 0 saturated heterocycles. The van der Waals surface area contributed by atoms with Gasteiger partial charge >= 0.3 is 0 Å². The maximum atomic E-state index is 4.44. The van der Waals surface area contributed by atoms with Crippen molar-refractivity contribution in [1.82, 2.24) is 20.3 Å². The van der Waals surface area contributed by atoms with Crippen molar-refractivity contribution in [3.05, 3.63) is 41.2 Å². The summed E-state index contributed by atoms with van der Waals surface area (Å²) >= 11 is 0. The Morgan fingerprint density at radius 2 is 1.95 bits per heavy atom. The number of benzene rings is 1. The maximum absolute atomic E-state index is 4.44. The van der Waals surface area contributed by atoms with Gasteiger partial charge in [-0.3, -0.25) is 0 Å². The van der Waals surface area contributed by atoms with E-state index in [-0.39, 0.29) is 6.04 Å². The molecular weight excluding hydrogens is 248 g/mol. The van der Waals surface area contributed by atoms with Crippen LogP contribution in [0.2, 0.25) is 0 Å². The minimum absolute atomic E-state index is 0.285. The number of hydrogen-bond donors (Lipinski definition) is 1. The highest BCUT2D eigenvalue weighted by Crippen LogP contribution is 2.23. The molecule has 4 nitrogen and oxygen atoms in total. The van der Waals surface area contributed by atoms with Crippen LogP contribution in [0.4, 0.5) is 0 Å². The molecule has 1 N–H and O–H groups in total. The molecule has 0 spiro atoms. The van der Waals surface area contributed by atoms with Crippen molar-refractivity contribution >= 4 is 0 Å². The zero-order valence-electron chi connectivity index (χ0n) is 12.8. The fourth-order valence-electron chi connectivity index (χ4n) is 2.59. The van der Waals surface area contributed by atoms with Gasteiger partial charge in [-0.25, -0.2) is 4.68 Å². The fraction of sp³-hybridized carbons (Fsp3) is 0.500. The summed E-state index contributed by atoms with van der Waals surface area (Å²) in [5, 5.41) is 12.3. The molecule has 1 heterocycles. The van der Waals surface area contributed by atoms with Gasteiger partial charge in [-0.05, 0) is 37.9 Å². The van der Waals surface area contributed by atoms with Gasteiger partial charge in [0.2, 0.25) is 0 Å². The third-order valence-corrected chi connectivity index (χ3v) is 3.66. The molecule has 108 valence electrons. The van der Waals surface area contributed by atoms with E-state index < -0.39 is 0 Å². The van der Waals surface area contributed by atoms with Crippen LogP contribution in [-0.2, 0) is 6.42 Å². The minimum Gasteiger partial charge on any atom is -0.309 e. The van der Waals surface area contributed by atoms with Gasteiger partial charge in [-0.15, -0.1) is 5.10 Å². The number of aromatic nitrogens is 3. The monoisotopic (exact) mass is 272 g/mol. The second kappa shape index (κ2) is 6.66. The predicted octanol–water partition coefficient (Wildman–Crippen LogP) is 3.20. The Morgan fingerprint density at radius 1 is 1.20 bits per heavy atom. The summed E-state index contributed by atoms with van der Waals surface area (Å²) in [5.41, 5.74) is 4.62. The van der Waals surface area contributed by atoms with Gasteiger partial charge in [-0.2, -0.15) is 0 Å². The van der Waals surface area contributed by atoms with Crippen molar-refractivity contribution in [2.45, 2.75) is 46.6 Å². The summed E-state index contributed by atoms with van der Waals surface area (Å²) in [6, 6.07) is 8.59. The van der Waals surface area contributed by atoms with E-state index >= 15 is 0 Å². The normalized spacial score (nSPS) is 12.6. The zero-order valence-corrected chi connectivity index (χ0v) is 12.8. The number of nitrogens with one attached hydrogen (secondary N) is 1. The molecule has 1 unspecified atom stereocenters. The van der Waals surface area contributed by atoms with Crippen LogP contribution in [0.25, 0.3) is 5.69 Å². The topological polar surface area (TPSA) is 42.7 Å².